The zero-order valence-corrected chi connectivity index (χ0v) is 15.1. The van der Waals surface area contributed by atoms with Crippen LogP contribution in [0.15, 0.2) is 44.6 Å². The van der Waals surface area contributed by atoms with Crippen LogP contribution in [-0.4, -0.2) is 9.55 Å². The van der Waals surface area contributed by atoms with Crippen LogP contribution >= 0.6 is 11.3 Å². The molecule has 0 bridgehead atoms. The highest BCUT2D eigenvalue weighted by Gasteiger charge is 2.21. The van der Waals surface area contributed by atoms with E-state index < -0.39 is 5.63 Å². The van der Waals surface area contributed by atoms with Gasteiger partial charge in [-0.2, -0.15) is 0 Å². The van der Waals surface area contributed by atoms with Crippen LogP contribution < -0.4 is 11.2 Å². The maximum absolute atomic E-state index is 13.1. The van der Waals surface area contributed by atoms with Gasteiger partial charge in [0.15, 0.2) is 0 Å². The Morgan fingerprint density at radius 3 is 3.00 bits per heavy atom. The molecule has 1 aliphatic carbocycles. The molecule has 1 aliphatic rings. The van der Waals surface area contributed by atoms with Crippen molar-refractivity contribution in [3.63, 3.8) is 0 Å². The van der Waals surface area contributed by atoms with Crippen molar-refractivity contribution in [1.82, 2.24) is 9.55 Å². The van der Waals surface area contributed by atoms with Crippen molar-refractivity contribution in [1.29, 1.82) is 0 Å². The van der Waals surface area contributed by atoms with E-state index in [0.29, 0.717) is 12.1 Å². The predicted octanol–water partition coefficient (Wildman–Crippen LogP) is 3.41. The molecule has 5 nitrogen and oxygen atoms in total. The highest BCUT2D eigenvalue weighted by atomic mass is 32.1. The van der Waals surface area contributed by atoms with Crippen LogP contribution in [0.5, 0.6) is 0 Å². The molecule has 1 aromatic carbocycles. The molecular weight excluding hydrogens is 348 g/mol. The van der Waals surface area contributed by atoms with Crippen LogP contribution in [-0.2, 0) is 19.4 Å². The molecule has 130 valence electrons. The summed E-state index contributed by atoms with van der Waals surface area (Å²) in [6.07, 6.45) is 4.69. The van der Waals surface area contributed by atoms with E-state index in [1.807, 2.05) is 25.1 Å². The van der Waals surface area contributed by atoms with Crippen LogP contribution in [0, 0.1) is 6.92 Å². The summed E-state index contributed by atoms with van der Waals surface area (Å²) in [5.74, 6) is 0. The molecule has 0 saturated heterocycles. The Morgan fingerprint density at radius 2 is 2.12 bits per heavy atom. The van der Waals surface area contributed by atoms with E-state index in [0.717, 1.165) is 46.0 Å². The fourth-order valence-electron chi connectivity index (χ4n) is 3.78. The van der Waals surface area contributed by atoms with Gasteiger partial charge in [0.2, 0.25) is 0 Å². The molecule has 5 rings (SSSR count). The first kappa shape index (κ1) is 15.5. The lowest BCUT2D eigenvalue weighted by molar-refractivity contribution is 0.557. The fourth-order valence-corrected chi connectivity index (χ4v) is 5.00. The van der Waals surface area contributed by atoms with Gasteiger partial charge in [0.25, 0.3) is 5.56 Å². The lowest BCUT2D eigenvalue weighted by atomic mass is 10.1. The predicted molar refractivity (Wildman–Crippen MR) is 102 cm³/mol. The second kappa shape index (κ2) is 5.64. The molecule has 0 radical (unpaired) electrons. The average molecular weight is 364 g/mol. The number of hydrogen-bond acceptors (Lipinski definition) is 5. The maximum atomic E-state index is 13.1. The number of rotatable bonds is 2. The molecule has 0 saturated carbocycles. The second-order valence-electron chi connectivity index (χ2n) is 6.81. The van der Waals surface area contributed by atoms with Crippen molar-refractivity contribution in [2.24, 2.45) is 0 Å². The summed E-state index contributed by atoms with van der Waals surface area (Å²) in [5, 5.41) is 1.60. The van der Waals surface area contributed by atoms with Crippen LogP contribution in [0.25, 0.3) is 21.2 Å². The Labute approximate surface area is 152 Å². The first-order valence-electron chi connectivity index (χ1n) is 8.63. The van der Waals surface area contributed by atoms with Gasteiger partial charge in [-0.15, -0.1) is 11.3 Å². The number of aryl methyl sites for hydroxylation is 3. The molecule has 3 heterocycles. The third-order valence-electron chi connectivity index (χ3n) is 5.02. The molecule has 6 heteroatoms. The lowest BCUT2D eigenvalue weighted by Gasteiger charge is -2.09. The molecule has 0 amide bonds. The van der Waals surface area contributed by atoms with Crippen LogP contribution in [0.2, 0.25) is 0 Å². The van der Waals surface area contributed by atoms with E-state index in [2.05, 4.69) is 4.98 Å². The monoisotopic (exact) mass is 364 g/mol. The normalized spacial score (nSPS) is 13.6. The zero-order valence-electron chi connectivity index (χ0n) is 14.2. The second-order valence-corrected chi connectivity index (χ2v) is 7.89. The molecule has 0 atom stereocenters. The SMILES string of the molecule is Cc1ccc2c(Cn3cnc4sc5c(c4c3=O)CCC5)cc(=O)oc2c1. The lowest BCUT2D eigenvalue weighted by Crippen LogP contribution is -2.22. The Hall–Kier alpha value is -2.73. The van der Waals surface area contributed by atoms with E-state index >= 15 is 0 Å². The number of thiophene rings is 1. The smallest absolute Gasteiger partial charge is 0.336 e. The molecule has 0 fully saturated rings. The highest BCUT2D eigenvalue weighted by molar-refractivity contribution is 7.18. The molecule has 0 spiro atoms. The quantitative estimate of drug-likeness (QED) is 0.511. The van der Waals surface area contributed by atoms with Gasteiger partial charge in [-0.3, -0.25) is 9.36 Å². The van der Waals surface area contributed by atoms with Gasteiger partial charge < -0.3 is 4.42 Å². The number of nitrogens with zero attached hydrogens (tertiary/aromatic N) is 2. The van der Waals surface area contributed by atoms with Gasteiger partial charge in [-0.05, 0) is 48.9 Å². The largest absolute Gasteiger partial charge is 0.423 e. The molecule has 4 aromatic rings. The van der Waals surface area contributed by atoms with E-state index in [4.69, 9.17) is 4.42 Å². The van der Waals surface area contributed by atoms with Gasteiger partial charge >= 0.3 is 5.63 Å². The van der Waals surface area contributed by atoms with Crippen molar-refractivity contribution in [2.45, 2.75) is 32.7 Å². The topological polar surface area (TPSA) is 65.1 Å². The van der Waals surface area contributed by atoms with Crippen molar-refractivity contribution in [3.05, 3.63) is 72.9 Å². The van der Waals surface area contributed by atoms with Crippen molar-refractivity contribution >= 4 is 32.5 Å². The minimum Gasteiger partial charge on any atom is -0.423 e. The molecule has 0 aliphatic heterocycles. The fraction of sp³-hybridized carbons (Fsp3) is 0.250. The summed E-state index contributed by atoms with van der Waals surface area (Å²) in [4.78, 5) is 31.6. The minimum absolute atomic E-state index is 0.0251. The summed E-state index contributed by atoms with van der Waals surface area (Å²) in [6.45, 7) is 2.25. The first-order chi connectivity index (χ1) is 12.6. The number of fused-ring (bicyclic) bond motifs is 4. The first-order valence-corrected chi connectivity index (χ1v) is 9.45. The van der Waals surface area contributed by atoms with Gasteiger partial charge in [-0.1, -0.05) is 12.1 Å². The summed E-state index contributed by atoms with van der Waals surface area (Å²) in [7, 11) is 0. The van der Waals surface area contributed by atoms with Crippen molar-refractivity contribution in [3.8, 4) is 0 Å². The molecular formula is C20H16N2O3S. The van der Waals surface area contributed by atoms with Crippen molar-refractivity contribution in [2.75, 3.05) is 0 Å². The molecule has 0 unspecified atom stereocenters. The van der Waals surface area contributed by atoms with Crippen LogP contribution in [0.1, 0.15) is 28.0 Å². The number of hydrogen-bond donors (Lipinski definition) is 0. The molecule has 3 aromatic heterocycles. The van der Waals surface area contributed by atoms with Gasteiger partial charge in [0.1, 0.15) is 10.4 Å². The highest BCUT2D eigenvalue weighted by Crippen LogP contribution is 2.34. The molecule has 26 heavy (non-hydrogen) atoms. The van der Waals surface area contributed by atoms with E-state index in [9.17, 15) is 9.59 Å². The van der Waals surface area contributed by atoms with Crippen LogP contribution in [0.4, 0.5) is 0 Å². The summed E-state index contributed by atoms with van der Waals surface area (Å²) >= 11 is 1.63. The van der Waals surface area contributed by atoms with Gasteiger partial charge in [-0.25, -0.2) is 9.78 Å². The van der Waals surface area contributed by atoms with Gasteiger partial charge in [0.05, 0.1) is 18.3 Å². The minimum atomic E-state index is -0.406. The third kappa shape index (κ3) is 2.33. The Morgan fingerprint density at radius 1 is 1.23 bits per heavy atom. The maximum Gasteiger partial charge on any atom is 0.336 e. The van der Waals surface area contributed by atoms with Crippen molar-refractivity contribution < 1.29 is 4.42 Å². The summed E-state index contributed by atoms with van der Waals surface area (Å²) in [5.41, 5.74) is 3.08. The number of benzene rings is 1. The van der Waals surface area contributed by atoms with Crippen LogP contribution in [0.3, 0.4) is 0 Å². The Kier molecular flexibility index (Phi) is 3.37. The Bertz CT molecular complexity index is 1300. The standard InChI is InChI=1S/C20H16N2O3S/c1-11-5-6-13-12(8-17(23)25-15(13)7-11)9-22-10-21-19-18(20(22)24)14-3-2-4-16(14)26-19/h5-8,10H,2-4,9H2,1H3. The number of aromatic nitrogens is 2. The summed E-state index contributed by atoms with van der Waals surface area (Å²) < 4.78 is 6.91. The van der Waals surface area contributed by atoms with E-state index in [1.165, 1.54) is 16.5 Å². The summed E-state index contributed by atoms with van der Waals surface area (Å²) in [6, 6.07) is 7.21. The van der Waals surface area contributed by atoms with Gasteiger partial charge in [0, 0.05) is 16.3 Å². The molecule has 0 N–H and O–H groups in total. The Balaban J connectivity index is 1.69. The van der Waals surface area contributed by atoms with E-state index in [-0.39, 0.29) is 5.56 Å². The average Bonchev–Trinajstić information content (AvgIpc) is 3.17. The van der Waals surface area contributed by atoms with E-state index in [1.54, 1.807) is 22.2 Å². The zero-order chi connectivity index (χ0) is 17.8. The third-order valence-corrected chi connectivity index (χ3v) is 6.22.